The van der Waals surface area contributed by atoms with Crippen LogP contribution in [0.1, 0.15) is 58.1 Å². The van der Waals surface area contributed by atoms with E-state index < -0.39 is 30.1 Å². The number of rotatable bonds is 8. The predicted molar refractivity (Wildman–Crippen MR) is 135 cm³/mol. The van der Waals surface area contributed by atoms with Gasteiger partial charge in [-0.05, 0) is 40.0 Å². The molecule has 2 aromatic carbocycles. The molecule has 0 fully saturated rings. The van der Waals surface area contributed by atoms with E-state index in [2.05, 4.69) is 17.4 Å². The van der Waals surface area contributed by atoms with Crippen LogP contribution in [-0.4, -0.2) is 53.7 Å². The quantitative estimate of drug-likeness (QED) is 0.560. The number of ether oxygens (including phenoxy) is 1. The van der Waals surface area contributed by atoms with Crippen molar-refractivity contribution in [2.75, 3.05) is 13.7 Å². The van der Waals surface area contributed by atoms with E-state index in [1.807, 2.05) is 57.2 Å². The molecular formula is C28H36N2O5. The maximum atomic E-state index is 13.2. The molecule has 1 aliphatic rings. The average Bonchev–Trinajstić information content (AvgIpc) is 3.11. The SMILES string of the molecule is CC(C)[C@@H](NC(=O)OCC1c2ccccc2-c2ccccc21)C(=O)N(C)C(CC(C)(C)C)C(=O)O. The van der Waals surface area contributed by atoms with Crippen molar-refractivity contribution in [3.05, 3.63) is 59.7 Å². The van der Waals surface area contributed by atoms with Crippen molar-refractivity contribution < 1.29 is 24.2 Å². The molecule has 0 bridgehead atoms. The van der Waals surface area contributed by atoms with E-state index in [-0.39, 0.29) is 23.9 Å². The summed E-state index contributed by atoms with van der Waals surface area (Å²) >= 11 is 0. The van der Waals surface area contributed by atoms with Crippen molar-refractivity contribution in [3.8, 4) is 11.1 Å². The second-order valence-electron chi connectivity index (χ2n) is 10.8. The fourth-order valence-corrected chi connectivity index (χ4v) is 4.62. The number of hydrogen-bond donors (Lipinski definition) is 2. The Labute approximate surface area is 207 Å². The fraction of sp³-hybridized carbons (Fsp3) is 0.464. The highest BCUT2D eigenvalue weighted by Crippen LogP contribution is 2.44. The third kappa shape index (κ3) is 6.02. The molecule has 1 unspecified atom stereocenters. The Morgan fingerprint density at radius 3 is 1.97 bits per heavy atom. The Kier molecular flexibility index (Phi) is 7.88. The molecule has 3 rings (SSSR count). The molecule has 2 N–H and O–H groups in total. The van der Waals surface area contributed by atoms with E-state index in [1.165, 1.54) is 11.9 Å². The van der Waals surface area contributed by atoms with E-state index in [1.54, 1.807) is 13.8 Å². The lowest BCUT2D eigenvalue weighted by Crippen LogP contribution is -2.55. The van der Waals surface area contributed by atoms with Crippen LogP contribution in [0.5, 0.6) is 0 Å². The van der Waals surface area contributed by atoms with Gasteiger partial charge >= 0.3 is 12.1 Å². The van der Waals surface area contributed by atoms with Crippen LogP contribution >= 0.6 is 0 Å². The minimum atomic E-state index is -1.07. The van der Waals surface area contributed by atoms with Crippen LogP contribution in [-0.2, 0) is 14.3 Å². The van der Waals surface area contributed by atoms with Crippen molar-refractivity contribution in [1.29, 1.82) is 0 Å². The van der Waals surface area contributed by atoms with Crippen molar-refractivity contribution in [3.63, 3.8) is 0 Å². The van der Waals surface area contributed by atoms with Gasteiger partial charge in [0.15, 0.2) is 0 Å². The Balaban J connectivity index is 1.70. The number of benzene rings is 2. The van der Waals surface area contributed by atoms with Crippen LogP contribution in [0.15, 0.2) is 48.5 Å². The molecule has 7 heteroatoms. The molecule has 0 radical (unpaired) electrons. The molecule has 0 saturated carbocycles. The smallest absolute Gasteiger partial charge is 0.407 e. The molecular weight excluding hydrogens is 444 g/mol. The Bertz CT molecular complexity index is 1040. The van der Waals surface area contributed by atoms with Gasteiger partial charge in [0.05, 0.1) is 0 Å². The van der Waals surface area contributed by atoms with Crippen LogP contribution in [0.4, 0.5) is 4.79 Å². The van der Waals surface area contributed by atoms with Gasteiger partial charge < -0.3 is 20.1 Å². The van der Waals surface area contributed by atoms with E-state index in [0.29, 0.717) is 6.42 Å². The highest BCUT2D eigenvalue weighted by atomic mass is 16.5. The standard InChI is InChI=1S/C28H36N2O5/c1-17(2)24(25(31)30(6)23(26(32)33)15-28(3,4)5)29-27(34)35-16-22-20-13-9-7-11-18(20)19-12-8-10-14-21(19)22/h7-14,17,22-24H,15-16H2,1-6H3,(H,29,34)(H,32,33)/t23?,24-/m1/s1. The number of carboxylic acids is 1. The van der Waals surface area contributed by atoms with Gasteiger partial charge in [-0.25, -0.2) is 9.59 Å². The molecule has 0 heterocycles. The predicted octanol–water partition coefficient (Wildman–Crippen LogP) is 4.90. The first kappa shape index (κ1) is 26.3. The summed E-state index contributed by atoms with van der Waals surface area (Å²) in [4.78, 5) is 39.1. The number of carbonyl (C=O) groups is 3. The van der Waals surface area contributed by atoms with Crippen molar-refractivity contribution in [2.45, 2.75) is 59.0 Å². The first-order valence-electron chi connectivity index (χ1n) is 12.0. The lowest BCUT2D eigenvalue weighted by atomic mass is 9.87. The molecule has 1 aliphatic carbocycles. The van der Waals surface area contributed by atoms with Gasteiger partial charge in [-0.1, -0.05) is 83.1 Å². The van der Waals surface area contributed by atoms with E-state index in [0.717, 1.165) is 22.3 Å². The van der Waals surface area contributed by atoms with Gasteiger partial charge in [-0.2, -0.15) is 0 Å². The summed E-state index contributed by atoms with van der Waals surface area (Å²) < 4.78 is 5.60. The normalized spacial score (nSPS) is 14.6. The van der Waals surface area contributed by atoms with Crippen molar-refractivity contribution >= 4 is 18.0 Å². The van der Waals surface area contributed by atoms with E-state index in [4.69, 9.17) is 4.74 Å². The molecule has 2 amide bonds. The number of carbonyl (C=O) groups excluding carboxylic acids is 2. The highest BCUT2D eigenvalue weighted by Gasteiger charge is 2.36. The minimum Gasteiger partial charge on any atom is -0.480 e. The zero-order valence-electron chi connectivity index (χ0n) is 21.4. The topological polar surface area (TPSA) is 95.9 Å². The molecule has 0 aromatic heterocycles. The summed E-state index contributed by atoms with van der Waals surface area (Å²) in [5, 5.41) is 12.4. The number of carboxylic acid groups (broad SMARTS) is 1. The van der Waals surface area contributed by atoms with Crippen LogP contribution < -0.4 is 5.32 Å². The molecule has 2 atom stereocenters. The summed E-state index contributed by atoms with van der Waals surface area (Å²) in [6, 6.07) is 14.2. The Hall–Kier alpha value is -3.35. The molecule has 0 spiro atoms. The average molecular weight is 481 g/mol. The zero-order valence-corrected chi connectivity index (χ0v) is 21.4. The number of fused-ring (bicyclic) bond motifs is 3. The number of nitrogens with one attached hydrogen (secondary N) is 1. The summed E-state index contributed by atoms with van der Waals surface area (Å²) in [5.74, 6) is -1.87. The second-order valence-corrected chi connectivity index (χ2v) is 10.8. The van der Waals surface area contributed by atoms with Gasteiger partial charge in [0.2, 0.25) is 5.91 Å². The monoisotopic (exact) mass is 480 g/mol. The highest BCUT2D eigenvalue weighted by molar-refractivity contribution is 5.89. The lowest BCUT2D eigenvalue weighted by Gasteiger charge is -2.33. The van der Waals surface area contributed by atoms with Crippen molar-refractivity contribution in [1.82, 2.24) is 10.2 Å². The molecule has 35 heavy (non-hydrogen) atoms. The Morgan fingerprint density at radius 2 is 1.51 bits per heavy atom. The van der Waals surface area contributed by atoms with Crippen LogP contribution in [0.2, 0.25) is 0 Å². The fourth-order valence-electron chi connectivity index (χ4n) is 4.62. The van der Waals surface area contributed by atoms with Gasteiger partial charge in [-0.3, -0.25) is 4.79 Å². The first-order chi connectivity index (χ1) is 16.4. The first-order valence-corrected chi connectivity index (χ1v) is 12.0. The number of alkyl carbamates (subject to hydrolysis) is 1. The molecule has 188 valence electrons. The number of hydrogen-bond acceptors (Lipinski definition) is 4. The second kappa shape index (κ2) is 10.5. The molecule has 0 saturated heterocycles. The third-order valence-corrected chi connectivity index (χ3v) is 6.46. The van der Waals surface area contributed by atoms with E-state index in [9.17, 15) is 19.5 Å². The largest absolute Gasteiger partial charge is 0.480 e. The van der Waals surface area contributed by atoms with Crippen LogP contribution in [0.25, 0.3) is 11.1 Å². The van der Waals surface area contributed by atoms with Gasteiger partial charge in [0.25, 0.3) is 0 Å². The summed E-state index contributed by atoms with van der Waals surface area (Å²) in [5.41, 5.74) is 4.18. The number of aliphatic carboxylic acids is 1. The third-order valence-electron chi connectivity index (χ3n) is 6.46. The summed E-state index contributed by atoms with van der Waals surface area (Å²) in [6.07, 6.45) is -0.407. The molecule has 2 aromatic rings. The zero-order chi connectivity index (χ0) is 25.9. The van der Waals surface area contributed by atoms with Gasteiger partial charge in [0.1, 0.15) is 18.7 Å². The number of amides is 2. The number of nitrogens with zero attached hydrogens (tertiary/aromatic N) is 1. The van der Waals surface area contributed by atoms with Gasteiger partial charge in [0, 0.05) is 13.0 Å². The summed E-state index contributed by atoms with van der Waals surface area (Å²) in [6.45, 7) is 9.53. The van der Waals surface area contributed by atoms with E-state index >= 15 is 0 Å². The number of likely N-dealkylation sites (N-methyl/N-ethyl adjacent to an activating group) is 1. The van der Waals surface area contributed by atoms with Crippen molar-refractivity contribution in [2.24, 2.45) is 11.3 Å². The van der Waals surface area contributed by atoms with Crippen LogP contribution in [0, 0.1) is 11.3 Å². The molecule has 7 nitrogen and oxygen atoms in total. The summed E-state index contributed by atoms with van der Waals surface area (Å²) in [7, 11) is 1.47. The maximum absolute atomic E-state index is 13.2. The lowest BCUT2D eigenvalue weighted by molar-refractivity contribution is -0.151. The minimum absolute atomic E-state index is 0.0906. The maximum Gasteiger partial charge on any atom is 0.407 e. The van der Waals surface area contributed by atoms with Crippen LogP contribution in [0.3, 0.4) is 0 Å². The van der Waals surface area contributed by atoms with Gasteiger partial charge in [-0.15, -0.1) is 0 Å². The molecule has 0 aliphatic heterocycles. The Morgan fingerprint density at radius 1 is 1.00 bits per heavy atom.